The van der Waals surface area contributed by atoms with Crippen molar-refractivity contribution in [3.8, 4) is 0 Å². The number of Topliss-reactive ketones (excluding diaryl/α,β-unsaturated/α-hetero) is 1. The molecule has 1 N–H and O–H groups in total. The second kappa shape index (κ2) is 8.82. The van der Waals surface area contributed by atoms with E-state index in [4.69, 9.17) is 4.74 Å². The predicted molar refractivity (Wildman–Crippen MR) is 107 cm³/mol. The van der Waals surface area contributed by atoms with E-state index in [1.807, 2.05) is 36.4 Å². The fourth-order valence-electron chi connectivity index (χ4n) is 3.06. The number of ether oxygens (including phenoxy) is 1. The van der Waals surface area contributed by atoms with Gasteiger partial charge < -0.3 is 15.0 Å². The molecule has 1 saturated heterocycles. The van der Waals surface area contributed by atoms with Gasteiger partial charge in [0.25, 0.3) is 5.91 Å². The Hall–Kier alpha value is -2.66. The van der Waals surface area contributed by atoms with Crippen LogP contribution in [0.5, 0.6) is 0 Å². The number of rotatable bonds is 6. The second-order valence-electron chi connectivity index (χ2n) is 7.03. The van der Waals surface area contributed by atoms with Crippen LogP contribution in [0.15, 0.2) is 48.5 Å². The van der Waals surface area contributed by atoms with Crippen molar-refractivity contribution in [2.45, 2.75) is 19.8 Å². The number of hydrogen-bond donors (Lipinski definition) is 1. The van der Waals surface area contributed by atoms with Gasteiger partial charge in [-0.15, -0.1) is 0 Å². The summed E-state index contributed by atoms with van der Waals surface area (Å²) in [5, 5.41) is 2.71. The van der Waals surface area contributed by atoms with Gasteiger partial charge in [-0.05, 0) is 47.9 Å². The Kier molecular flexibility index (Phi) is 6.24. The molecule has 0 spiro atoms. The maximum absolute atomic E-state index is 12.4. The first-order valence-corrected chi connectivity index (χ1v) is 9.38. The number of carbonyl (C=O) groups excluding carboxylic acids is 2. The molecule has 27 heavy (non-hydrogen) atoms. The number of morpholine rings is 1. The molecule has 1 amide bonds. The molecule has 1 fully saturated rings. The van der Waals surface area contributed by atoms with E-state index >= 15 is 0 Å². The highest BCUT2D eigenvalue weighted by molar-refractivity contribution is 6.02. The van der Waals surface area contributed by atoms with Crippen LogP contribution in [0.1, 0.15) is 46.0 Å². The molecule has 3 rings (SSSR count). The minimum atomic E-state index is -0.233. The van der Waals surface area contributed by atoms with Crippen LogP contribution in [-0.2, 0) is 4.74 Å². The minimum Gasteiger partial charge on any atom is -0.378 e. The summed E-state index contributed by atoms with van der Waals surface area (Å²) in [6.45, 7) is 7.38. The molecule has 0 bridgehead atoms. The van der Waals surface area contributed by atoms with E-state index in [0.717, 1.165) is 32.0 Å². The Balaban J connectivity index is 1.54. The van der Waals surface area contributed by atoms with Crippen molar-refractivity contribution < 1.29 is 14.3 Å². The Bertz CT molecular complexity index is 776. The van der Waals surface area contributed by atoms with E-state index in [0.29, 0.717) is 17.0 Å². The molecule has 0 aromatic heterocycles. The van der Waals surface area contributed by atoms with Crippen molar-refractivity contribution in [2.75, 3.05) is 37.7 Å². The monoisotopic (exact) mass is 366 g/mol. The molecule has 0 saturated carbocycles. The maximum atomic E-state index is 12.4. The van der Waals surface area contributed by atoms with Gasteiger partial charge in [0.2, 0.25) is 0 Å². The average Bonchev–Trinajstić information content (AvgIpc) is 2.72. The van der Waals surface area contributed by atoms with Crippen LogP contribution in [0.3, 0.4) is 0 Å². The molecule has 0 unspecified atom stereocenters. The molecule has 1 aliphatic heterocycles. The molecule has 1 heterocycles. The van der Waals surface area contributed by atoms with E-state index in [1.165, 1.54) is 5.56 Å². The van der Waals surface area contributed by atoms with Crippen LogP contribution in [0, 0.1) is 0 Å². The van der Waals surface area contributed by atoms with E-state index in [1.54, 1.807) is 12.1 Å². The first-order chi connectivity index (χ1) is 13.0. The lowest BCUT2D eigenvalue weighted by atomic mass is 10.0. The number of benzene rings is 2. The molecule has 0 atom stereocenters. The van der Waals surface area contributed by atoms with Gasteiger partial charge in [0.15, 0.2) is 5.78 Å². The Morgan fingerprint density at radius 2 is 1.56 bits per heavy atom. The molecule has 2 aromatic rings. The zero-order chi connectivity index (χ0) is 19.2. The van der Waals surface area contributed by atoms with Crippen molar-refractivity contribution in [3.63, 3.8) is 0 Å². The van der Waals surface area contributed by atoms with Gasteiger partial charge in [-0.1, -0.05) is 26.0 Å². The maximum Gasteiger partial charge on any atom is 0.251 e. The third-order valence-electron chi connectivity index (χ3n) is 4.81. The molecule has 5 heteroatoms. The van der Waals surface area contributed by atoms with Crippen molar-refractivity contribution in [2.24, 2.45) is 0 Å². The zero-order valence-electron chi connectivity index (χ0n) is 15.9. The van der Waals surface area contributed by atoms with Crippen molar-refractivity contribution in [1.29, 1.82) is 0 Å². The van der Waals surface area contributed by atoms with Crippen LogP contribution < -0.4 is 10.2 Å². The van der Waals surface area contributed by atoms with E-state index < -0.39 is 0 Å². The number of amides is 1. The van der Waals surface area contributed by atoms with E-state index in [-0.39, 0.29) is 18.2 Å². The van der Waals surface area contributed by atoms with Crippen molar-refractivity contribution in [3.05, 3.63) is 65.2 Å². The lowest BCUT2D eigenvalue weighted by Gasteiger charge is -2.28. The van der Waals surface area contributed by atoms with Gasteiger partial charge in [-0.2, -0.15) is 0 Å². The number of ketones is 1. The third kappa shape index (κ3) is 4.95. The zero-order valence-corrected chi connectivity index (χ0v) is 15.9. The Morgan fingerprint density at radius 3 is 2.15 bits per heavy atom. The first kappa shape index (κ1) is 19.1. The largest absolute Gasteiger partial charge is 0.378 e. The summed E-state index contributed by atoms with van der Waals surface area (Å²) in [6.07, 6.45) is 0. The van der Waals surface area contributed by atoms with Gasteiger partial charge in [0.05, 0.1) is 19.8 Å². The van der Waals surface area contributed by atoms with E-state index in [9.17, 15) is 9.59 Å². The normalized spacial score (nSPS) is 14.3. The second-order valence-corrected chi connectivity index (χ2v) is 7.03. The van der Waals surface area contributed by atoms with Crippen LogP contribution in [0.2, 0.25) is 0 Å². The number of anilines is 1. The molecule has 0 aliphatic carbocycles. The average molecular weight is 366 g/mol. The molecule has 1 aliphatic rings. The van der Waals surface area contributed by atoms with Gasteiger partial charge in [0, 0.05) is 29.9 Å². The van der Waals surface area contributed by atoms with Crippen molar-refractivity contribution >= 4 is 17.4 Å². The lowest BCUT2D eigenvalue weighted by Crippen LogP contribution is -2.36. The molecule has 0 radical (unpaired) electrons. The third-order valence-corrected chi connectivity index (χ3v) is 4.81. The van der Waals surface area contributed by atoms with Crippen LogP contribution in [0.25, 0.3) is 0 Å². The van der Waals surface area contributed by atoms with Crippen molar-refractivity contribution in [1.82, 2.24) is 5.32 Å². The molecule has 5 nitrogen and oxygen atoms in total. The molecular weight excluding hydrogens is 340 g/mol. The summed E-state index contributed by atoms with van der Waals surface area (Å²) in [5.74, 6) is 0.0865. The molecule has 142 valence electrons. The quantitative estimate of drug-likeness (QED) is 0.798. The molecular formula is C22H26N2O3. The van der Waals surface area contributed by atoms with E-state index in [2.05, 4.69) is 24.1 Å². The Morgan fingerprint density at radius 1 is 0.963 bits per heavy atom. The summed E-state index contributed by atoms with van der Waals surface area (Å²) in [5.41, 5.74) is 3.43. The molecule has 2 aromatic carbocycles. The van der Waals surface area contributed by atoms with Gasteiger partial charge >= 0.3 is 0 Å². The first-order valence-electron chi connectivity index (χ1n) is 9.38. The standard InChI is InChI=1S/C22H26N2O3/c1-16(2)17-3-5-19(6-4-17)22(26)23-15-21(25)18-7-9-20(10-8-18)24-11-13-27-14-12-24/h3-10,16H,11-15H2,1-2H3,(H,23,26). The number of hydrogen-bond acceptors (Lipinski definition) is 4. The van der Waals surface area contributed by atoms with Gasteiger partial charge in [-0.3, -0.25) is 9.59 Å². The van der Waals surface area contributed by atoms with Crippen LogP contribution >= 0.6 is 0 Å². The summed E-state index contributed by atoms with van der Waals surface area (Å²) in [6, 6.07) is 15.0. The predicted octanol–water partition coefficient (Wildman–Crippen LogP) is 3.26. The fraction of sp³-hybridized carbons (Fsp3) is 0.364. The highest BCUT2D eigenvalue weighted by atomic mass is 16.5. The number of nitrogens with one attached hydrogen (secondary N) is 1. The van der Waals surface area contributed by atoms with Gasteiger partial charge in [-0.25, -0.2) is 0 Å². The van der Waals surface area contributed by atoms with Crippen LogP contribution in [0.4, 0.5) is 5.69 Å². The highest BCUT2D eigenvalue weighted by Gasteiger charge is 2.13. The summed E-state index contributed by atoms with van der Waals surface area (Å²) < 4.78 is 5.36. The summed E-state index contributed by atoms with van der Waals surface area (Å²) >= 11 is 0. The summed E-state index contributed by atoms with van der Waals surface area (Å²) in [4.78, 5) is 26.8. The van der Waals surface area contributed by atoms with Crippen LogP contribution in [-0.4, -0.2) is 44.5 Å². The lowest BCUT2D eigenvalue weighted by molar-refractivity contribution is 0.0904. The highest BCUT2D eigenvalue weighted by Crippen LogP contribution is 2.17. The Labute approximate surface area is 160 Å². The number of carbonyl (C=O) groups is 2. The number of nitrogens with zero attached hydrogens (tertiary/aromatic N) is 1. The fourth-order valence-corrected chi connectivity index (χ4v) is 3.06. The minimum absolute atomic E-state index is 0.0122. The smallest absolute Gasteiger partial charge is 0.251 e. The van der Waals surface area contributed by atoms with Gasteiger partial charge in [0.1, 0.15) is 0 Å². The topological polar surface area (TPSA) is 58.6 Å². The summed E-state index contributed by atoms with van der Waals surface area (Å²) in [7, 11) is 0. The SMILES string of the molecule is CC(C)c1ccc(C(=O)NCC(=O)c2ccc(N3CCOCC3)cc2)cc1.